The van der Waals surface area contributed by atoms with Crippen LogP contribution >= 0.6 is 0 Å². The SMILES string of the molecule is O=C(CO)CCNS(=O)(=O)c1cccc(Cc2ccccc2)c1[N+](=O)[O-]. The highest BCUT2D eigenvalue weighted by Crippen LogP contribution is 2.29. The van der Waals surface area contributed by atoms with Crippen LogP contribution in [0, 0.1) is 10.1 Å². The number of ketones is 1. The fraction of sp³-hybridized carbons (Fsp3) is 0.235. The van der Waals surface area contributed by atoms with E-state index in [4.69, 9.17) is 5.11 Å². The first-order valence-electron chi connectivity index (χ1n) is 7.77. The van der Waals surface area contributed by atoms with E-state index in [-0.39, 0.29) is 24.9 Å². The zero-order valence-electron chi connectivity index (χ0n) is 13.8. The lowest BCUT2D eigenvalue weighted by molar-refractivity contribution is -0.388. The first-order chi connectivity index (χ1) is 12.3. The Morgan fingerprint density at radius 1 is 1.12 bits per heavy atom. The Morgan fingerprint density at radius 2 is 1.81 bits per heavy atom. The van der Waals surface area contributed by atoms with E-state index >= 15 is 0 Å². The van der Waals surface area contributed by atoms with Crippen LogP contribution in [0.5, 0.6) is 0 Å². The van der Waals surface area contributed by atoms with Gasteiger partial charge in [-0.05, 0) is 11.6 Å². The first kappa shape index (κ1) is 19.7. The van der Waals surface area contributed by atoms with Gasteiger partial charge in [-0.3, -0.25) is 14.9 Å². The molecular weight excluding hydrogens is 360 g/mol. The maximum absolute atomic E-state index is 12.4. The molecule has 0 atom stereocenters. The van der Waals surface area contributed by atoms with Crippen molar-refractivity contribution in [3.8, 4) is 0 Å². The molecule has 0 saturated heterocycles. The minimum Gasteiger partial charge on any atom is -0.389 e. The van der Waals surface area contributed by atoms with Crippen molar-refractivity contribution in [2.75, 3.05) is 13.2 Å². The summed E-state index contributed by atoms with van der Waals surface area (Å²) in [6.07, 6.45) is 0.0107. The summed E-state index contributed by atoms with van der Waals surface area (Å²) in [5.74, 6) is -0.528. The van der Waals surface area contributed by atoms with E-state index in [0.29, 0.717) is 0 Å². The van der Waals surface area contributed by atoms with Crippen LogP contribution in [0.15, 0.2) is 53.4 Å². The number of carbonyl (C=O) groups is 1. The van der Waals surface area contributed by atoms with Crippen molar-refractivity contribution < 1.29 is 23.2 Å². The number of benzene rings is 2. The van der Waals surface area contributed by atoms with Crippen LogP contribution in [0.1, 0.15) is 17.5 Å². The Labute approximate surface area is 150 Å². The molecule has 0 aliphatic heterocycles. The molecular formula is C17H18N2O6S. The molecule has 0 aromatic heterocycles. The predicted octanol–water partition coefficient (Wildman–Crippen LogP) is 1.42. The van der Waals surface area contributed by atoms with Crippen molar-refractivity contribution >= 4 is 21.5 Å². The van der Waals surface area contributed by atoms with Crippen molar-refractivity contribution in [2.24, 2.45) is 0 Å². The fourth-order valence-corrected chi connectivity index (χ4v) is 3.68. The lowest BCUT2D eigenvalue weighted by Crippen LogP contribution is -2.27. The third-order valence-corrected chi connectivity index (χ3v) is 5.16. The number of nitro benzene ring substituents is 1. The number of hydrogen-bond donors (Lipinski definition) is 2. The van der Waals surface area contributed by atoms with Gasteiger partial charge in [0.15, 0.2) is 10.7 Å². The van der Waals surface area contributed by atoms with Gasteiger partial charge >= 0.3 is 0 Å². The van der Waals surface area contributed by atoms with Crippen molar-refractivity contribution in [3.05, 3.63) is 69.8 Å². The number of hydrogen-bond acceptors (Lipinski definition) is 6. The summed E-state index contributed by atoms with van der Waals surface area (Å²) in [5, 5.41) is 20.2. The van der Waals surface area contributed by atoms with Gasteiger partial charge in [0.05, 0.1) is 4.92 Å². The summed E-state index contributed by atoms with van der Waals surface area (Å²) >= 11 is 0. The molecule has 2 rings (SSSR count). The molecule has 2 aromatic carbocycles. The second kappa shape index (κ2) is 8.65. The minimum absolute atomic E-state index is 0.201. The van der Waals surface area contributed by atoms with Gasteiger partial charge < -0.3 is 5.11 Å². The highest BCUT2D eigenvalue weighted by atomic mass is 32.2. The molecule has 138 valence electrons. The molecule has 0 aliphatic carbocycles. The summed E-state index contributed by atoms with van der Waals surface area (Å²) in [4.78, 5) is 21.4. The van der Waals surface area contributed by atoms with Gasteiger partial charge in [0.25, 0.3) is 5.69 Å². The molecule has 2 aromatic rings. The van der Waals surface area contributed by atoms with E-state index in [1.165, 1.54) is 12.1 Å². The van der Waals surface area contributed by atoms with Gasteiger partial charge in [-0.25, -0.2) is 13.1 Å². The van der Waals surface area contributed by atoms with Crippen molar-refractivity contribution in [2.45, 2.75) is 17.7 Å². The molecule has 2 N–H and O–H groups in total. The average molecular weight is 378 g/mol. The molecule has 0 aliphatic rings. The molecule has 0 heterocycles. The summed E-state index contributed by atoms with van der Waals surface area (Å²) in [6, 6.07) is 13.1. The third kappa shape index (κ3) is 4.94. The smallest absolute Gasteiger partial charge is 0.292 e. The van der Waals surface area contributed by atoms with Gasteiger partial charge in [0.1, 0.15) is 6.61 Å². The van der Waals surface area contributed by atoms with Crippen LogP contribution in [0.25, 0.3) is 0 Å². The van der Waals surface area contributed by atoms with Gasteiger partial charge in [0.2, 0.25) is 10.0 Å². The zero-order valence-corrected chi connectivity index (χ0v) is 14.6. The standard InChI is InChI=1S/C17H18N2O6S/c20-12-15(21)9-10-18-26(24,25)16-8-4-7-14(17(16)19(22)23)11-13-5-2-1-3-6-13/h1-8,18,20H,9-12H2. The zero-order chi connectivity index (χ0) is 19.2. The van der Waals surface area contributed by atoms with Crippen LogP contribution in [0.3, 0.4) is 0 Å². The molecule has 0 fully saturated rings. The van der Waals surface area contributed by atoms with E-state index in [2.05, 4.69) is 4.72 Å². The Kier molecular flexibility index (Phi) is 6.56. The second-order valence-electron chi connectivity index (χ2n) is 5.53. The number of para-hydroxylation sites is 1. The van der Waals surface area contributed by atoms with E-state index in [1.54, 1.807) is 24.3 Å². The lowest BCUT2D eigenvalue weighted by atomic mass is 10.0. The maximum atomic E-state index is 12.4. The van der Waals surface area contributed by atoms with Crippen LogP contribution in [0.2, 0.25) is 0 Å². The van der Waals surface area contributed by atoms with Crippen molar-refractivity contribution in [3.63, 3.8) is 0 Å². The van der Waals surface area contributed by atoms with Gasteiger partial charge in [-0.2, -0.15) is 0 Å². The monoisotopic (exact) mass is 378 g/mol. The van der Waals surface area contributed by atoms with Crippen LogP contribution in [-0.2, 0) is 21.2 Å². The minimum atomic E-state index is -4.18. The van der Waals surface area contributed by atoms with E-state index in [1.807, 2.05) is 6.07 Å². The van der Waals surface area contributed by atoms with E-state index < -0.39 is 37.9 Å². The van der Waals surface area contributed by atoms with E-state index in [0.717, 1.165) is 11.6 Å². The van der Waals surface area contributed by atoms with Crippen LogP contribution < -0.4 is 4.72 Å². The third-order valence-electron chi connectivity index (χ3n) is 3.66. The summed E-state index contributed by atoms with van der Waals surface area (Å²) in [5.41, 5.74) is 0.597. The molecule has 9 heteroatoms. The highest BCUT2D eigenvalue weighted by Gasteiger charge is 2.28. The Morgan fingerprint density at radius 3 is 2.42 bits per heavy atom. The molecule has 26 heavy (non-hydrogen) atoms. The maximum Gasteiger partial charge on any atom is 0.292 e. The van der Waals surface area contributed by atoms with E-state index in [9.17, 15) is 23.3 Å². The number of aliphatic hydroxyl groups is 1. The Hall–Kier alpha value is -2.62. The topological polar surface area (TPSA) is 127 Å². The molecule has 0 saturated carbocycles. The fourth-order valence-electron chi connectivity index (χ4n) is 2.43. The molecule has 0 radical (unpaired) electrons. The number of aliphatic hydroxyl groups excluding tert-OH is 1. The number of nitro groups is 1. The molecule has 0 amide bonds. The number of nitrogens with one attached hydrogen (secondary N) is 1. The van der Waals surface area contributed by atoms with Crippen molar-refractivity contribution in [1.29, 1.82) is 0 Å². The van der Waals surface area contributed by atoms with Gasteiger partial charge in [-0.15, -0.1) is 0 Å². The van der Waals surface area contributed by atoms with Gasteiger partial charge in [0, 0.05) is 24.9 Å². The number of nitrogens with zero attached hydrogens (tertiary/aromatic N) is 1. The number of Topliss-reactive ketones (excluding diaryl/α,β-unsaturated/α-hetero) is 1. The number of carbonyl (C=O) groups excluding carboxylic acids is 1. The number of rotatable bonds is 9. The van der Waals surface area contributed by atoms with Gasteiger partial charge in [-0.1, -0.05) is 42.5 Å². The summed E-state index contributed by atoms with van der Waals surface area (Å²) in [6.45, 7) is -0.934. The quantitative estimate of drug-likeness (QED) is 0.502. The Balaban J connectivity index is 2.34. The normalized spacial score (nSPS) is 11.3. The molecule has 0 bridgehead atoms. The van der Waals surface area contributed by atoms with Crippen LogP contribution in [-0.4, -0.2) is 37.4 Å². The van der Waals surface area contributed by atoms with Crippen molar-refractivity contribution in [1.82, 2.24) is 4.72 Å². The second-order valence-corrected chi connectivity index (χ2v) is 7.26. The summed E-state index contributed by atoms with van der Waals surface area (Å²) in [7, 11) is -4.18. The molecule has 0 spiro atoms. The van der Waals surface area contributed by atoms with Crippen LogP contribution in [0.4, 0.5) is 5.69 Å². The number of sulfonamides is 1. The molecule has 0 unspecified atom stereocenters. The largest absolute Gasteiger partial charge is 0.389 e. The molecule has 8 nitrogen and oxygen atoms in total. The summed E-state index contributed by atoms with van der Waals surface area (Å²) < 4.78 is 27.0. The Bertz CT molecular complexity index is 897. The lowest BCUT2D eigenvalue weighted by Gasteiger charge is -2.10. The highest BCUT2D eigenvalue weighted by molar-refractivity contribution is 7.89. The average Bonchev–Trinajstić information content (AvgIpc) is 2.61. The first-order valence-corrected chi connectivity index (χ1v) is 9.26. The predicted molar refractivity (Wildman–Crippen MR) is 94.2 cm³/mol.